The zero-order chi connectivity index (χ0) is 7.84. The Kier molecular flexibility index (Phi) is 3.11. The first-order chi connectivity index (χ1) is 5.27. The van der Waals surface area contributed by atoms with Crippen molar-refractivity contribution in [1.29, 1.82) is 0 Å². The van der Waals surface area contributed by atoms with Crippen molar-refractivity contribution in [3.05, 3.63) is 6.33 Å². The molecule has 0 aromatic carbocycles. The minimum absolute atomic E-state index is 0. The van der Waals surface area contributed by atoms with Crippen LogP contribution in [0.15, 0.2) is 6.33 Å². The Hall–Kier alpha value is -1.93. The Morgan fingerprint density at radius 3 is 2.54 bits per heavy atom. The van der Waals surface area contributed by atoms with Crippen LogP contribution in [0.4, 0.5) is 11.8 Å². The van der Waals surface area contributed by atoms with Gasteiger partial charge in [0, 0.05) is 0 Å². The summed E-state index contributed by atoms with van der Waals surface area (Å²) >= 11 is 0. The molecule has 0 radical (unpaired) electrons. The lowest BCUT2D eigenvalue weighted by Gasteiger charge is -1.94. The number of H-pyrrole nitrogens is 1. The van der Waals surface area contributed by atoms with Crippen LogP contribution in [-0.2, 0) is 0 Å². The summed E-state index contributed by atoms with van der Waals surface area (Å²) in [6.07, 6.45) is 1.50. The van der Waals surface area contributed by atoms with E-state index < -0.39 is 0 Å². The monoisotopic (exact) mass is 186 g/mol. The highest BCUT2D eigenvalue weighted by Crippen LogP contribution is 2.12. The van der Waals surface area contributed by atoms with Gasteiger partial charge in [-0.15, -0.1) is 0 Å². The van der Waals surface area contributed by atoms with Crippen molar-refractivity contribution >= 4 is 22.9 Å². The van der Waals surface area contributed by atoms with Gasteiger partial charge in [-0.1, -0.05) is 0 Å². The summed E-state index contributed by atoms with van der Waals surface area (Å²) in [5.41, 5.74) is 11.9. The Bertz CT molecular complexity index is 399. The van der Waals surface area contributed by atoms with Crippen molar-refractivity contribution in [2.75, 3.05) is 11.5 Å². The third kappa shape index (κ3) is 1.63. The van der Waals surface area contributed by atoms with Crippen LogP contribution in [-0.4, -0.2) is 30.9 Å². The number of rotatable bonds is 0. The number of nitrogens with two attached hydrogens (primary N) is 2. The lowest BCUT2D eigenvalue weighted by molar-refractivity contribution is 0.823. The lowest BCUT2D eigenvalue weighted by Crippen LogP contribution is -1.99. The molecule has 0 atom stereocenters. The number of aromatic nitrogens is 4. The van der Waals surface area contributed by atoms with E-state index in [4.69, 9.17) is 11.5 Å². The van der Waals surface area contributed by atoms with Gasteiger partial charge in [0.2, 0.25) is 5.95 Å². The molecule has 2 rings (SSSR count). The summed E-state index contributed by atoms with van der Waals surface area (Å²) in [7, 11) is 0. The summed E-state index contributed by atoms with van der Waals surface area (Å²) in [6, 6.07) is 0. The first-order valence-corrected chi connectivity index (χ1v) is 2.99. The summed E-state index contributed by atoms with van der Waals surface area (Å²) in [6.45, 7) is 0. The van der Waals surface area contributed by atoms with E-state index in [2.05, 4.69) is 19.9 Å². The van der Waals surface area contributed by atoms with Crippen LogP contribution < -0.4 is 11.5 Å². The molecule has 8 heteroatoms. The first-order valence-electron chi connectivity index (χ1n) is 2.99. The Labute approximate surface area is 72.6 Å². The third-order valence-corrected chi connectivity index (χ3v) is 1.33. The fourth-order valence-electron chi connectivity index (χ4n) is 0.873. The highest BCUT2D eigenvalue weighted by molar-refractivity contribution is 5.81. The molecule has 0 unspecified atom stereocenters. The van der Waals surface area contributed by atoms with Gasteiger partial charge in [0.25, 0.3) is 0 Å². The minimum atomic E-state index is 0. The number of hydrogen-bond donors (Lipinski definition) is 3. The van der Waals surface area contributed by atoms with E-state index in [0.717, 1.165) is 0 Å². The van der Waals surface area contributed by atoms with Crippen LogP contribution in [0.5, 0.6) is 0 Å². The second kappa shape index (κ2) is 3.65. The van der Waals surface area contributed by atoms with Gasteiger partial charge >= 0.3 is 0 Å². The summed E-state index contributed by atoms with van der Waals surface area (Å²) < 4.78 is 0. The van der Waals surface area contributed by atoms with E-state index >= 15 is 0 Å². The zero-order valence-electron chi connectivity index (χ0n) is 6.57. The molecule has 2 aromatic rings. The van der Waals surface area contributed by atoms with Crippen LogP contribution in [0.1, 0.15) is 0 Å². The summed E-state index contributed by atoms with van der Waals surface area (Å²) in [4.78, 5) is 14.3. The molecule has 9 N–H and O–H groups in total. The highest BCUT2D eigenvalue weighted by atomic mass is 16.0. The molecule has 72 valence electrons. The summed E-state index contributed by atoms with van der Waals surface area (Å²) in [5.74, 6) is 0.465. The van der Waals surface area contributed by atoms with E-state index in [1.54, 1.807) is 0 Å². The molecule has 0 aliphatic carbocycles. The van der Waals surface area contributed by atoms with Crippen LogP contribution >= 0.6 is 0 Å². The van der Waals surface area contributed by atoms with Crippen LogP contribution in [0, 0.1) is 0 Å². The Morgan fingerprint density at radius 1 is 1.15 bits per heavy atom. The molecule has 2 aromatic heterocycles. The SMILES string of the molecule is Nc1nc(N)c2[nH]cnc2n1.O.O. The number of aromatic amines is 1. The molecule has 0 spiro atoms. The second-order valence-corrected chi connectivity index (χ2v) is 2.07. The van der Waals surface area contributed by atoms with Crippen molar-refractivity contribution in [2.24, 2.45) is 0 Å². The number of fused-ring (bicyclic) bond motifs is 1. The zero-order valence-corrected chi connectivity index (χ0v) is 6.57. The van der Waals surface area contributed by atoms with E-state index in [9.17, 15) is 0 Å². The Morgan fingerprint density at radius 2 is 1.85 bits per heavy atom. The number of imidazole rings is 1. The van der Waals surface area contributed by atoms with Crippen molar-refractivity contribution in [2.45, 2.75) is 0 Å². The fraction of sp³-hybridized carbons (Fsp3) is 0. The van der Waals surface area contributed by atoms with Gasteiger partial charge in [0.15, 0.2) is 11.5 Å². The lowest BCUT2D eigenvalue weighted by atomic mass is 10.5. The molecule has 2 heterocycles. The molecule has 0 fully saturated rings. The Balaban J connectivity index is 0.000000720. The van der Waals surface area contributed by atoms with Gasteiger partial charge in [0.1, 0.15) is 5.52 Å². The number of hydrogen-bond acceptors (Lipinski definition) is 5. The maximum absolute atomic E-state index is 5.50. The predicted octanol–water partition coefficient (Wildman–Crippen LogP) is -2.13. The predicted molar refractivity (Wildman–Crippen MR) is 47.7 cm³/mol. The van der Waals surface area contributed by atoms with Gasteiger partial charge < -0.3 is 27.4 Å². The maximum atomic E-state index is 5.50. The average Bonchev–Trinajstić information content (AvgIpc) is 2.34. The van der Waals surface area contributed by atoms with Gasteiger partial charge in [-0.05, 0) is 0 Å². The van der Waals surface area contributed by atoms with E-state index in [-0.39, 0.29) is 16.9 Å². The maximum Gasteiger partial charge on any atom is 0.224 e. The van der Waals surface area contributed by atoms with E-state index in [1.807, 2.05) is 0 Å². The third-order valence-electron chi connectivity index (χ3n) is 1.33. The first kappa shape index (κ1) is 11.1. The van der Waals surface area contributed by atoms with E-state index in [0.29, 0.717) is 17.0 Å². The van der Waals surface area contributed by atoms with Crippen LogP contribution in [0.2, 0.25) is 0 Å². The van der Waals surface area contributed by atoms with Gasteiger partial charge in [-0.2, -0.15) is 9.97 Å². The van der Waals surface area contributed by atoms with Crippen molar-refractivity contribution < 1.29 is 11.0 Å². The molecular formula is C5H10N6O2. The quantitative estimate of drug-likeness (QED) is 0.425. The average molecular weight is 186 g/mol. The molecule has 8 nitrogen and oxygen atoms in total. The fourth-order valence-corrected chi connectivity index (χ4v) is 0.873. The highest BCUT2D eigenvalue weighted by Gasteiger charge is 2.03. The second-order valence-electron chi connectivity index (χ2n) is 2.07. The molecule has 0 bridgehead atoms. The van der Waals surface area contributed by atoms with Crippen molar-refractivity contribution in [3.63, 3.8) is 0 Å². The van der Waals surface area contributed by atoms with Gasteiger partial charge in [-0.25, -0.2) is 4.98 Å². The summed E-state index contributed by atoms with van der Waals surface area (Å²) in [5, 5.41) is 0. The molecule has 13 heavy (non-hydrogen) atoms. The molecule has 0 saturated carbocycles. The standard InChI is InChI=1S/C5H6N6.2H2O/c6-3-2-4(9-1-8-2)11-5(7)10-3;;/h1H,(H5,6,7,8,9,10,11);2*1H2. The topological polar surface area (TPSA) is 170 Å². The molecule has 0 saturated heterocycles. The van der Waals surface area contributed by atoms with E-state index in [1.165, 1.54) is 6.33 Å². The number of anilines is 2. The number of nitrogens with one attached hydrogen (secondary N) is 1. The van der Waals surface area contributed by atoms with Crippen LogP contribution in [0.25, 0.3) is 11.2 Å². The van der Waals surface area contributed by atoms with Gasteiger partial charge in [0.05, 0.1) is 6.33 Å². The molecular weight excluding hydrogens is 176 g/mol. The largest absolute Gasteiger partial charge is 0.412 e. The molecule has 0 aliphatic rings. The van der Waals surface area contributed by atoms with Gasteiger partial charge in [-0.3, -0.25) is 0 Å². The van der Waals surface area contributed by atoms with Crippen LogP contribution in [0.3, 0.4) is 0 Å². The molecule has 0 aliphatic heterocycles. The minimum Gasteiger partial charge on any atom is -0.412 e. The number of nitrogen functional groups attached to an aromatic ring is 2. The normalized spacial score (nSPS) is 8.92. The number of nitrogens with zero attached hydrogens (tertiary/aromatic N) is 3. The van der Waals surface area contributed by atoms with Crippen molar-refractivity contribution in [3.8, 4) is 0 Å². The van der Waals surface area contributed by atoms with Crippen molar-refractivity contribution in [1.82, 2.24) is 19.9 Å². The smallest absolute Gasteiger partial charge is 0.224 e. The molecule has 0 amide bonds.